The number of carbonyl (C=O) groups excluding carboxylic acids is 2. The van der Waals surface area contributed by atoms with Crippen LogP contribution >= 0.6 is 0 Å². The zero-order chi connectivity index (χ0) is 21.1. The van der Waals surface area contributed by atoms with E-state index < -0.39 is 11.2 Å². The van der Waals surface area contributed by atoms with Gasteiger partial charge in [0.05, 0.1) is 5.92 Å². The summed E-state index contributed by atoms with van der Waals surface area (Å²) in [5, 5.41) is 0. The predicted molar refractivity (Wildman–Crippen MR) is 110 cm³/mol. The van der Waals surface area contributed by atoms with Gasteiger partial charge in [-0.1, -0.05) is 12.1 Å². The van der Waals surface area contributed by atoms with Crippen molar-refractivity contribution >= 4 is 17.7 Å². The van der Waals surface area contributed by atoms with Crippen molar-refractivity contribution in [1.82, 2.24) is 4.90 Å². The van der Waals surface area contributed by atoms with E-state index in [1.54, 1.807) is 4.90 Å². The maximum atomic E-state index is 13.0. The maximum absolute atomic E-state index is 13.0. The first-order valence-electron chi connectivity index (χ1n) is 9.89. The summed E-state index contributed by atoms with van der Waals surface area (Å²) in [6.07, 6.45) is 0.944. The first kappa shape index (κ1) is 22.1. The second kappa shape index (κ2) is 8.41. The van der Waals surface area contributed by atoms with Crippen LogP contribution in [0.25, 0.3) is 0 Å². The van der Waals surface area contributed by atoms with Crippen molar-refractivity contribution in [1.29, 1.82) is 0 Å². The van der Waals surface area contributed by atoms with Crippen molar-refractivity contribution in [3.05, 3.63) is 29.8 Å². The highest BCUT2D eigenvalue weighted by Gasteiger charge is 2.39. The SMILES string of the molecule is CC(C)(C)OC(=O)C(Cc1cccc(N)c1)[C@H]1CCN(C(=O)OC(C)(C)C)C1. The van der Waals surface area contributed by atoms with Crippen LogP contribution in [0.5, 0.6) is 0 Å². The highest BCUT2D eigenvalue weighted by Crippen LogP contribution is 2.30. The zero-order valence-corrected chi connectivity index (χ0v) is 18.0. The Hall–Kier alpha value is -2.24. The summed E-state index contributed by atoms with van der Waals surface area (Å²) in [7, 11) is 0. The minimum atomic E-state index is -0.561. The van der Waals surface area contributed by atoms with E-state index in [2.05, 4.69) is 0 Å². The quantitative estimate of drug-likeness (QED) is 0.620. The lowest BCUT2D eigenvalue weighted by Gasteiger charge is -2.28. The van der Waals surface area contributed by atoms with E-state index >= 15 is 0 Å². The van der Waals surface area contributed by atoms with Crippen LogP contribution in [0.4, 0.5) is 10.5 Å². The van der Waals surface area contributed by atoms with E-state index in [0.717, 1.165) is 12.0 Å². The Morgan fingerprint density at radius 3 is 2.36 bits per heavy atom. The van der Waals surface area contributed by atoms with Crippen LogP contribution in [0.1, 0.15) is 53.5 Å². The molecule has 1 heterocycles. The summed E-state index contributed by atoms with van der Waals surface area (Å²) in [6.45, 7) is 12.2. The van der Waals surface area contributed by atoms with Gasteiger partial charge in [0.25, 0.3) is 0 Å². The number of nitrogens with two attached hydrogens (primary N) is 1. The molecule has 1 aromatic rings. The van der Waals surface area contributed by atoms with Crippen LogP contribution in [0.2, 0.25) is 0 Å². The number of benzene rings is 1. The minimum Gasteiger partial charge on any atom is -0.460 e. The molecule has 156 valence electrons. The smallest absolute Gasteiger partial charge is 0.410 e. The van der Waals surface area contributed by atoms with Gasteiger partial charge in [0.15, 0.2) is 0 Å². The molecular weight excluding hydrogens is 356 g/mol. The molecule has 1 fully saturated rings. The van der Waals surface area contributed by atoms with Crippen molar-refractivity contribution in [2.45, 2.75) is 65.6 Å². The molecule has 1 unspecified atom stereocenters. The molecule has 2 rings (SSSR count). The average molecular weight is 391 g/mol. The third-order valence-electron chi connectivity index (χ3n) is 4.56. The molecule has 0 spiro atoms. The molecule has 28 heavy (non-hydrogen) atoms. The fourth-order valence-corrected chi connectivity index (χ4v) is 3.40. The number of ether oxygens (including phenoxy) is 2. The van der Waals surface area contributed by atoms with Crippen LogP contribution in [-0.4, -0.2) is 41.3 Å². The summed E-state index contributed by atoms with van der Waals surface area (Å²) in [5.41, 5.74) is 6.46. The summed E-state index contributed by atoms with van der Waals surface area (Å²) < 4.78 is 11.2. The van der Waals surface area contributed by atoms with Crippen LogP contribution in [0.3, 0.4) is 0 Å². The fraction of sp³-hybridized carbons (Fsp3) is 0.636. The van der Waals surface area contributed by atoms with Crippen molar-refractivity contribution in [3.63, 3.8) is 0 Å². The highest BCUT2D eigenvalue weighted by atomic mass is 16.6. The molecular formula is C22H34N2O4. The Kier molecular flexibility index (Phi) is 6.63. The van der Waals surface area contributed by atoms with Crippen LogP contribution < -0.4 is 5.73 Å². The molecule has 0 bridgehead atoms. The van der Waals surface area contributed by atoms with Gasteiger partial charge in [0, 0.05) is 18.8 Å². The molecule has 0 radical (unpaired) electrons. The zero-order valence-electron chi connectivity index (χ0n) is 18.0. The summed E-state index contributed by atoms with van der Waals surface area (Å²) >= 11 is 0. The largest absolute Gasteiger partial charge is 0.460 e. The molecule has 1 amide bonds. The first-order valence-corrected chi connectivity index (χ1v) is 9.89. The summed E-state index contributed by atoms with van der Waals surface area (Å²) in [6, 6.07) is 7.57. The van der Waals surface area contributed by atoms with E-state index in [4.69, 9.17) is 15.2 Å². The second-order valence-electron chi connectivity index (χ2n) is 9.56. The van der Waals surface area contributed by atoms with Gasteiger partial charge in [-0.15, -0.1) is 0 Å². The molecule has 1 aliphatic heterocycles. The number of nitrogen functional groups attached to an aromatic ring is 1. The number of anilines is 1. The number of rotatable bonds is 4. The van der Waals surface area contributed by atoms with Gasteiger partial charge in [-0.05, 0) is 78.0 Å². The number of carbonyl (C=O) groups is 2. The Bertz CT molecular complexity index is 703. The lowest BCUT2D eigenvalue weighted by atomic mass is 9.86. The second-order valence-corrected chi connectivity index (χ2v) is 9.56. The van der Waals surface area contributed by atoms with Gasteiger partial charge >= 0.3 is 12.1 Å². The van der Waals surface area contributed by atoms with Crippen molar-refractivity contribution in [3.8, 4) is 0 Å². The Morgan fingerprint density at radius 2 is 1.79 bits per heavy atom. The van der Waals surface area contributed by atoms with Crippen molar-refractivity contribution in [2.75, 3.05) is 18.8 Å². The molecule has 6 heteroatoms. The molecule has 2 atom stereocenters. The lowest BCUT2D eigenvalue weighted by molar-refractivity contribution is -0.161. The van der Waals surface area contributed by atoms with Crippen LogP contribution in [0, 0.1) is 11.8 Å². The van der Waals surface area contributed by atoms with Gasteiger partial charge in [-0.3, -0.25) is 4.79 Å². The van der Waals surface area contributed by atoms with Gasteiger partial charge in [0.2, 0.25) is 0 Å². The Morgan fingerprint density at radius 1 is 1.14 bits per heavy atom. The molecule has 6 nitrogen and oxygen atoms in total. The molecule has 1 saturated heterocycles. The topological polar surface area (TPSA) is 81.9 Å². The first-order chi connectivity index (χ1) is 12.8. The normalized spacial score (nSPS) is 18.6. The fourth-order valence-electron chi connectivity index (χ4n) is 3.40. The highest BCUT2D eigenvalue weighted by molar-refractivity contribution is 5.74. The van der Waals surface area contributed by atoms with E-state index in [1.807, 2.05) is 65.8 Å². The average Bonchev–Trinajstić information content (AvgIpc) is 2.99. The molecule has 0 aromatic heterocycles. The van der Waals surface area contributed by atoms with Gasteiger partial charge in [0.1, 0.15) is 11.2 Å². The third kappa shape index (κ3) is 6.73. The lowest BCUT2D eigenvalue weighted by Crippen LogP contribution is -2.38. The maximum Gasteiger partial charge on any atom is 0.410 e. The molecule has 0 saturated carbocycles. The molecule has 0 aliphatic carbocycles. The Labute approximate surface area is 168 Å². The minimum absolute atomic E-state index is 0.0174. The van der Waals surface area contributed by atoms with Crippen molar-refractivity contribution in [2.24, 2.45) is 11.8 Å². The number of hydrogen-bond acceptors (Lipinski definition) is 5. The van der Waals surface area contributed by atoms with E-state index in [-0.39, 0.29) is 23.9 Å². The van der Waals surface area contributed by atoms with Crippen molar-refractivity contribution < 1.29 is 19.1 Å². The standard InChI is InChI=1S/C22H34N2O4/c1-21(2,3)27-19(25)18(13-15-8-7-9-17(23)12-15)16-10-11-24(14-16)20(26)28-22(4,5)6/h7-9,12,16,18H,10-11,13-14,23H2,1-6H3/t16-,18?/m0/s1. The van der Waals surface area contributed by atoms with Gasteiger partial charge in [-0.25, -0.2) is 4.79 Å². The van der Waals surface area contributed by atoms with Crippen LogP contribution in [-0.2, 0) is 20.7 Å². The van der Waals surface area contributed by atoms with Crippen LogP contribution in [0.15, 0.2) is 24.3 Å². The van der Waals surface area contributed by atoms with E-state index in [9.17, 15) is 9.59 Å². The summed E-state index contributed by atoms with van der Waals surface area (Å²) in [5.74, 6) is -0.553. The molecule has 1 aromatic carbocycles. The third-order valence-corrected chi connectivity index (χ3v) is 4.56. The van der Waals surface area contributed by atoms with E-state index in [1.165, 1.54) is 0 Å². The molecule has 1 aliphatic rings. The number of likely N-dealkylation sites (tertiary alicyclic amines) is 1. The number of esters is 1. The van der Waals surface area contributed by atoms with Gasteiger partial charge in [-0.2, -0.15) is 0 Å². The van der Waals surface area contributed by atoms with Gasteiger partial charge < -0.3 is 20.1 Å². The number of amides is 1. The Balaban J connectivity index is 2.15. The number of hydrogen-bond donors (Lipinski definition) is 1. The predicted octanol–water partition coefficient (Wildman–Crippen LogP) is 4.03. The number of nitrogens with zero attached hydrogens (tertiary/aromatic N) is 1. The monoisotopic (exact) mass is 390 g/mol. The molecule has 2 N–H and O–H groups in total. The summed E-state index contributed by atoms with van der Waals surface area (Å²) in [4.78, 5) is 27.0. The van der Waals surface area contributed by atoms with E-state index in [0.29, 0.717) is 25.2 Å².